The van der Waals surface area contributed by atoms with Gasteiger partial charge in [0.2, 0.25) is 0 Å². The number of unbranched alkanes of at least 4 members (excludes halogenated alkanes) is 1. The quantitative estimate of drug-likeness (QED) is 0.125. The van der Waals surface area contributed by atoms with Crippen LogP contribution in [-0.2, 0) is 0 Å². The van der Waals surface area contributed by atoms with Crippen LogP contribution in [0.2, 0.25) is 0 Å². The molecule has 0 aromatic heterocycles. The van der Waals surface area contributed by atoms with E-state index in [2.05, 4.69) is 0 Å². The Kier molecular flexibility index (Phi) is 13.7. The average Bonchev–Trinajstić information content (AvgIpc) is 2.53. The lowest BCUT2D eigenvalue weighted by Crippen LogP contribution is -2.55. The Balaban J connectivity index is 4.64. The summed E-state index contributed by atoms with van der Waals surface area (Å²) in [5, 5.41) is 55.7. The minimum Gasteiger partial charge on any atom is -0.391 e. The van der Waals surface area contributed by atoms with Crippen molar-refractivity contribution >= 4 is 0 Å². The van der Waals surface area contributed by atoms with Gasteiger partial charge in [0.1, 0.15) is 39.3 Å². The Labute approximate surface area is 145 Å². The van der Waals surface area contributed by atoms with Crippen LogP contribution in [0.15, 0.2) is 0 Å². The number of hydrogen-bond acceptors (Lipinski definition) is 6. The monoisotopic (exact) mass is 354 g/mol. The second-order valence-corrected chi connectivity index (χ2v) is 6.52. The maximum atomic E-state index is 9.29. The van der Waals surface area contributed by atoms with Gasteiger partial charge in [-0.15, -0.1) is 0 Å². The van der Waals surface area contributed by atoms with E-state index in [1.165, 1.54) is 0 Å². The highest BCUT2D eigenvalue weighted by Crippen LogP contribution is 2.13. The molecule has 0 aliphatic carbocycles. The van der Waals surface area contributed by atoms with Gasteiger partial charge in [-0.2, -0.15) is 0 Å². The molecular weight excluding hydrogens is 316 g/mol. The van der Waals surface area contributed by atoms with Crippen molar-refractivity contribution in [3.63, 3.8) is 0 Å². The van der Waals surface area contributed by atoms with Gasteiger partial charge in [0, 0.05) is 12.8 Å². The number of aliphatic hydroxyl groups is 6. The van der Waals surface area contributed by atoms with E-state index in [1.807, 2.05) is 0 Å². The summed E-state index contributed by atoms with van der Waals surface area (Å²) in [6.07, 6.45) is 1.70. The first-order valence-corrected chi connectivity index (χ1v) is 8.93. The molecule has 0 aliphatic rings. The SMILES string of the molecule is OCC[N+](CCO)(CCO)CCCC[N+](CCO)(CCO)CCO. The molecule has 0 saturated carbocycles. The second kappa shape index (κ2) is 13.9. The fourth-order valence-corrected chi connectivity index (χ4v) is 3.51. The number of quaternary nitrogens is 2. The topological polar surface area (TPSA) is 121 Å². The molecule has 6 N–H and O–H groups in total. The predicted molar refractivity (Wildman–Crippen MR) is 91.2 cm³/mol. The number of rotatable bonds is 17. The van der Waals surface area contributed by atoms with E-state index < -0.39 is 0 Å². The summed E-state index contributed by atoms with van der Waals surface area (Å²) < 4.78 is 0.979. The van der Waals surface area contributed by atoms with E-state index >= 15 is 0 Å². The molecule has 24 heavy (non-hydrogen) atoms. The molecule has 0 atom stereocenters. The maximum absolute atomic E-state index is 9.29. The van der Waals surface area contributed by atoms with Crippen LogP contribution in [0.4, 0.5) is 0 Å². The van der Waals surface area contributed by atoms with Gasteiger partial charge in [0.25, 0.3) is 0 Å². The number of nitrogens with zero attached hydrogens (tertiary/aromatic N) is 2. The molecule has 0 aliphatic heterocycles. The van der Waals surface area contributed by atoms with Crippen LogP contribution in [-0.4, -0.2) is 132 Å². The van der Waals surface area contributed by atoms with Gasteiger partial charge < -0.3 is 39.6 Å². The Morgan fingerprint density at radius 2 is 0.542 bits per heavy atom. The summed E-state index contributed by atoms with van der Waals surface area (Å²) in [6, 6.07) is 0. The molecule has 146 valence electrons. The minimum absolute atomic E-state index is 0.0134. The molecular formula is C16H38N2O6+2. The van der Waals surface area contributed by atoms with Crippen molar-refractivity contribution in [1.29, 1.82) is 0 Å². The third-order valence-electron chi connectivity index (χ3n) is 4.96. The molecule has 0 radical (unpaired) electrons. The van der Waals surface area contributed by atoms with E-state index in [9.17, 15) is 30.6 Å². The highest BCUT2D eigenvalue weighted by molar-refractivity contribution is 4.51. The standard InChI is InChI=1S/C16H38N2O6/c19-11-5-17(6-12-20,7-13-21)3-1-2-4-18(8-14-22,9-15-23)10-16-24/h19-24H,1-16H2/q+2. The largest absolute Gasteiger partial charge is 0.391 e. The van der Waals surface area contributed by atoms with Gasteiger partial charge in [0.15, 0.2) is 0 Å². The van der Waals surface area contributed by atoms with E-state index in [0.717, 1.165) is 25.9 Å². The fourth-order valence-electron chi connectivity index (χ4n) is 3.51. The van der Waals surface area contributed by atoms with Crippen LogP contribution in [0, 0.1) is 0 Å². The molecule has 0 aromatic rings. The summed E-state index contributed by atoms with van der Waals surface area (Å²) >= 11 is 0. The number of aliphatic hydroxyl groups excluding tert-OH is 6. The lowest BCUT2D eigenvalue weighted by molar-refractivity contribution is -0.934. The summed E-state index contributed by atoms with van der Waals surface area (Å²) in [5.41, 5.74) is 0. The smallest absolute Gasteiger partial charge is 0.102 e. The Morgan fingerprint density at radius 1 is 0.333 bits per heavy atom. The van der Waals surface area contributed by atoms with Crippen LogP contribution in [0.1, 0.15) is 12.8 Å². The van der Waals surface area contributed by atoms with Gasteiger partial charge in [-0.25, -0.2) is 0 Å². The highest BCUT2D eigenvalue weighted by Gasteiger charge is 2.28. The lowest BCUT2D eigenvalue weighted by atomic mass is 10.2. The molecule has 0 saturated heterocycles. The zero-order valence-electron chi connectivity index (χ0n) is 14.9. The van der Waals surface area contributed by atoms with Crippen LogP contribution in [0.3, 0.4) is 0 Å². The molecule has 0 aromatic carbocycles. The van der Waals surface area contributed by atoms with Crippen molar-refractivity contribution in [2.24, 2.45) is 0 Å². The fraction of sp³-hybridized carbons (Fsp3) is 1.00. The minimum atomic E-state index is 0.0134. The van der Waals surface area contributed by atoms with Crippen molar-refractivity contribution in [3.8, 4) is 0 Å². The van der Waals surface area contributed by atoms with Crippen LogP contribution < -0.4 is 0 Å². The van der Waals surface area contributed by atoms with Gasteiger partial charge in [-0.05, 0) is 0 Å². The molecule has 0 amide bonds. The molecule has 0 heterocycles. The van der Waals surface area contributed by atoms with E-state index in [-0.39, 0.29) is 39.6 Å². The summed E-state index contributed by atoms with van der Waals surface area (Å²) in [7, 11) is 0. The molecule has 0 spiro atoms. The molecule has 8 heteroatoms. The van der Waals surface area contributed by atoms with E-state index in [1.54, 1.807) is 0 Å². The molecule has 0 fully saturated rings. The summed E-state index contributed by atoms with van der Waals surface area (Å²) in [5.74, 6) is 0. The van der Waals surface area contributed by atoms with E-state index in [4.69, 9.17) is 0 Å². The molecule has 0 unspecified atom stereocenters. The second-order valence-electron chi connectivity index (χ2n) is 6.52. The van der Waals surface area contributed by atoms with Crippen molar-refractivity contribution in [2.45, 2.75) is 12.8 Å². The van der Waals surface area contributed by atoms with Gasteiger partial charge in [-0.1, -0.05) is 0 Å². The van der Waals surface area contributed by atoms with Crippen molar-refractivity contribution in [2.75, 3.05) is 92.0 Å². The first-order valence-electron chi connectivity index (χ1n) is 8.93. The summed E-state index contributed by atoms with van der Waals surface area (Å²) in [6.45, 7) is 4.61. The first kappa shape index (κ1) is 23.7. The van der Waals surface area contributed by atoms with Crippen molar-refractivity contribution in [3.05, 3.63) is 0 Å². The molecule has 0 bridgehead atoms. The zero-order valence-corrected chi connectivity index (χ0v) is 14.9. The Bertz CT molecular complexity index is 232. The third kappa shape index (κ3) is 8.68. The van der Waals surface area contributed by atoms with Gasteiger partial charge >= 0.3 is 0 Å². The van der Waals surface area contributed by atoms with Crippen LogP contribution in [0.25, 0.3) is 0 Å². The number of hydrogen-bond donors (Lipinski definition) is 6. The van der Waals surface area contributed by atoms with Crippen molar-refractivity contribution < 1.29 is 39.6 Å². The highest BCUT2D eigenvalue weighted by atomic mass is 16.3. The lowest BCUT2D eigenvalue weighted by Gasteiger charge is -2.39. The zero-order chi connectivity index (χ0) is 18.3. The predicted octanol–water partition coefficient (Wildman–Crippen LogP) is -2.65. The average molecular weight is 354 g/mol. The Hall–Kier alpha value is -0.320. The van der Waals surface area contributed by atoms with E-state index in [0.29, 0.717) is 48.2 Å². The molecule has 0 rings (SSSR count). The first-order chi connectivity index (χ1) is 11.6. The summed E-state index contributed by atoms with van der Waals surface area (Å²) in [4.78, 5) is 0. The normalized spacial score (nSPS) is 12.8. The van der Waals surface area contributed by atoms with Crippen molar-refractivity contribution in [1.82, 2.24) is 0 Å². The molecule has 8 nitrogen and oxygen atoms in total. The van der Waals surface area contributed by atoms with Gasteiger partial charge in [0.05, 0.1) is 52.7 Å². The Morgan fingerprint density at radius 3 is 0.708 bits per heavy atom. The maximum Gasteiger partial charge on any atom is 0.102 e. The van der Waals surface area contributed by atoms with Crippen LogP contribution >= 0.6 is 0 Å². The third-order valence-corrected chi connectivity index (χ3v) is 4.96. The van der Waals surface area contributed by atoms with Gasteiger partial charge in [-0.3, -0.25) is 0 Å². The van der Waals surface area contributed by atoms with Crippen LogP contribution in [0.5, 0.6) is 0 Å².